The van der Waals surface area contributed by atoms with Crippen LogP contribution >= 0.6 is 11.6 Å². The summed E-state index contributed by atoms with van der Waals surface area (Å²) in [5, 5.41) is 24.3. The molecule has 121 heavy (non-hydrogen) atoms. The molecule has 0 amide bonds. The molecule has 9 heterocycles. The standard InChI is InChI=1S/C32H46N4O5.C27H36N4O5.C23H30ClN3O.C9H17NO4.Na.H2O/c1-32(2,3)41-28(37)20-26(31(39)40-4)34-29-30(38)36(27-15-11-10-14-25(27)33-29)24-18-22-16-17-23(19-24)35(22)21-12-8-6-5-7-9-13-21;32-24(33)16-22(27(35)36)29-25-26(34)31(23-11-7-6-10-21(23)28-25)20-14-18-12-13-19(15-20)30(18)17-8-4-2-1-3-5-9-17;24-22-23(28)27(21-11-7-6-10-20(21)25-22)19-14-17-12-13-18(15-19)26(17)16-8-4-2-1-3-5-9-16;1-9(2,3)14-7(11)5-6(10)8(12)13-4;;/h10-11,14-15,21-24,26H,5-9,12-13,16-20H2,1-4H3,(H,33,34);6-7,10-11,17-20,22H,1-5,8-9,12-16H2,(H,28,29)(H,32,33)(H,35,36);6-7,10-11,16-19H,1-5,8-9,12-15H2;6H,5,10H2,1-4H3;;1H2/q;;;;+1;/p-1/t22-,23+,24?,26-;18-,19+,20?,22-;17-,18+,19?;6-;;/m11.1../s1. The normalized spacial score (nSPS) is 24.6. The summed E-state index contributed by atoms with van der Waals surface area (Å²) in [5.41, 5.74) is 7.89. The largest absolute Gasteiger partial charge is 1.00 e. The molecule has 28 nitrogen and oxygen atoms in total. The molecular formula is C91H130ClN12NaO16. The molecule has 15 rings (SSSR count). The Bertz CT molecular complexity index is 4640. The number of carbonyl (C=O) groups excluding carboxylic acids is 4. The number of halogens is 1. The number of fused-ring (bicyclic) bond motifs is 9. The molecule has 3 unspecified atom stereocenters. The van der Waals surface area contributed by atoms with Gasteiger partial charge in [-0.15, -0.1) is 0 Å². The third-order valence-corrected chi connectivity index (χ3v) is 26.4. The van der Waals surface area contributed by atoms with Gasteiger partial charge in [0.2, 0.25) is 0 Å². The number of carboxylic acids is 2. The van der Waals surface area contributed by atoms with Gasteiger partial charge in [0.1, 0.15) is 29.3 Å². The minimum atomic E-state index is -1.44. The number of piperidine rings is 3. The van der Waals surface area contributed by atoms with Crippen LogP contribution < -0.4 is 62.6 Å². The molecular weight excluding hydrogens is 1580 g/mol. The molecule has 0 spiro atoms. The molecule has 12 atom stereocenters. The Labute approximate surface area is 737 Å². The summed E-state index contributed by atoms with van der Waals surface area (Å²) in [6.07, 6.45) is 40.0. The van der Waals surface area contributed by atoms with Crippen molar-refractivity contribution < 1.29 is 93.0 Å². The number of hydrogen-bond donors (Lipinski definition) is 5. The van der Waals surface area contributed by atoms with Crippen LogP contribution in [-0.2, 0) is 47.7 Å². The first-order valence-electron chi connectivity index (χ1n) is 44.4. The van der Waals surface area contributed by atoms with Crippen molar-refractivity contribution in [2.24, 2.45) is 5.73 Å². The summed E-state index contributed by atoms with van der Waals surface area (Å²) in [5.74, 6) is -4.96. The monoisotopic (exact) mass is 1700 g/mol. The van der Waals surface area contributed by atoms with Crippen LogP contribution in [0, 0.1) is 0 Å². The number of benzene rings is 3. The number of esters is 4. The van der Waals surface area contributed by atoms with E-state index < -0.39 is 71.6 Å². The van der Waals surface area contributed by atoms with Crippen molar-refractivity contribution in [1.29, 1.82) is 0 Å². The number of carbonyl (C=O) groups is 6. The molecule has 6 bridgehead atoms. The predicted octanol–water partition coefficient (Wildman–Crippen LogP) is 11.8. The third kappa shape index (κ3) is 24.6. The van der Waals surface area contributed by atoms with E-state index in [0.29, 0.717) is 59.4 Å². The number of rotatable bonds is 19. The fraction of sp³-hybridized carbons (Fsp3) is 0.670. The molecule has 6 aliphatic heterocycles. The van der Waals surface area contributed by atoms with Crippen LogP contribution in [0.5, 0.6) is 0 Å². The van der Waals surface area contributed by atoms with Crippen molar-refractivity contribution >= 4 is 92.2 Å². The molecule has 658 valence electrons. The van der Waals surface area contributed by atoms with Gasteiger partial charge in [0.15, 0.2) is 16.8 Å². The molecule has 3 saturated carbocycles. The summed E-state index contributed by atoms with van der Waals surface area (Å²) in [6, 6.07) is 25.0. The number of hydrogen-bond acceptors (Lipinski definition) is 23. The average molecular weight is 1710 g/mol. The molecule has 3 aliphatic carbocycles. The van der Waals surface area contributed by atoms with Crippen LogP contribution in [0.25, 0.3) is 33.1 Å². The Kier molecular flexibility index (Phi) is 34.8. The maximum absolute atomic E-state index is 14.1. The van der Waals surface area contributed by atoms with Gasteiger partial charge in [-0.05, 0) is 194 Å². The molecule has 30 heteroatoms. The van der Waals surface area contributed by atoms with Gasteiger partial charge in [-0.2, -0.15) is 0 Å². The number of nitrogens with one attached hydrogen (secondary N) is 2. The first-order valence-corrected chi connectivity index (χ1v) is 44.8. The van der Waals surface area contributed by atoms with E-state index in [2.05, 4.69) is 45.0 Å². The molecule has 6 aromatic rings. The quantitative estimate of drug-likeness (QED) is 0.0286. The molecule has 6 saturated heterocycles. The summed E-state index contributed by atoms with van der Waals surface area (Å²) in [6.45, 7) is 10.5. The first-order chi connectivity index (χ1) is 57.0. The topological polar surface area (TPSA) is 374 Å². The zero-order valence-corrected chi connectivity index (χ0v) is 75.4. The van der Waals surface area contributed by atoms with E-state index in [-0.39, 0.29) is 99.5 Å². The summed E-state index contributed by atoms with van der Waals surface area (Å²) >= 11 is 6.23. The van der Waals surface area contributed by atoms with E-state index in [1.54, 1.807) is 46.1 Å². The molecule has 9 aliphatic rings. The van der Waals surface area contributed by atoms with Gasteiger partial charge in [0.25, 0.3) is 16.7 Å². The Balaban J connectivity index is 0.000000177. The van der Waals surface area contributed by atoms with Crippen LogP contribution in [0.1, 0.15) is 291 Å². The maximum atomic E-state index is 14.1. The van der Waals surface area contributed by atoms with Gasteiger partial charge in [-0.25, -0.2) is 24.5 Å². The summed E-state index contributed by atoms with van der Waals surface area (Å²) in [7, 11) is 2.48. The third-order valence-electron chi connectivity index (χ3n) is 26.1. The number of ether oxygens (including phenoxy) is 4. The average Bonchev–Trinajstić information content (AvgIpc) is 1.74. The number of anilines is 2. The maximum Gasteiger partial charge on any atom is 1.00 e. The van der Waals surface area contributed by atoms with Crippen molar-refractivity contribution in [3.05, 3.63) is 109 Å². The van der Waals surface area contributed by atoms with Crippen LogP contribution in [0.2, 0.25) is 5.15 Å². The van der Waals surface area contributed by atoms with E-state index in [0.717, 1.165) is 79.5 Å². The minimum absolute atomic E-state index is 0. The SMILES string of the molecule is COC(=O)[C@@H](CC(=O)OC(C)(C)C)Nc1nc2ccccc2n(C2C[C@H]3CC[C@@H](C2)N3C2CCCCCCC2)c1=O.COC(=O)[C@H](N)CC(=O)OC(C)(C)C.O=C(O)C[C@@H](Nc1nc2ccccc2n(C2C[C@H]3CC[C@@H](C2)N3C2CCCCCCC2)c1=O)C(=O)O.O=c1c(Cl)nc2ccccc2n1C1C[C@H]2CC[C@@H](C1)N2C1CCCCCCC1.[Na+].[OH-]. The van der Waals surface area contributed by atoms with Gasteiger partial charge in [0.05, 0.1) is 66.6 Å². The van der Waals surface area contributed by atoms with Crippen LogP contribution in [-0.4, -0.2) is 193 Å². The molecule has 9 fully saturated rings. The Morgan fingerprint density at radius 1 is 0.421 bits per heavy atom. The smallest absolute Gasteiger partial charge is 0.870 e. The van der Waals surface area contributed by atoms with Crippen molar-refractivity contribution in [1.82, 2.24) is 43.4 Å². The van der Waals surface area contributed by atoms with Gasteiger partial charge >= 0.3 is 65.4 Å². The Hall–Kier alpha value is -7.41. The molecule has 3 aromatic carbocycles. The van der Waals surface area contributed by atoms with E-state index >= 15 is 0 Å². The number of carboxylic acid groups (broad SMARTS) is 2. The van der Waals surface area contributed by atoms with E-state index in [1.807, 2.05) is 81.9 Å². The van der Waals surface area contributed by atoms with Crippen LogP contribution in [0.4, 0.5) is 11.6 Å². The fourth-order valence-corrected chi connectivity index (χ4v) is 21.5. The van der Waals surface area contributed by atoms with Crippen molar-refractivity contribution in [2.75, 3.05) is 24.9 Å². The Morgan fingerprint density at radius 2 is 0.719 bits per heavy atom. The van der Waals surface area contributed by atoms with Crippen molar-refractivity contribution in [2.45, 2.75) is 375 Å². The number of methoxy groups -OCH3 is 2. The fourth-order valence-electron chi connectivity index (χ4n) is 21.3. The van der Waals surface area contributed by atoms with Crippen LogP contribution in [0.15, 0.2) is 87.2 Å². The number of aromatic nitrogens is 6. The summed E-state index contributed by atoms with van der Waals surface area (Å²) < 4.78 is 25.4. The second kappa shape index (κ2) is 44.0. The van der Waals surface area contributed by atoms with Gasteiger partial charge in [-0.1, -0.05) is 144 Å². The van der Waals surface area contributed by atoms with Gasteiger partial charge < -0.3 is 64.7 Å². The Morgan fingerprint density at radius 3 is 1.03 bits per heavy atom. The predicted molar refractivity (Wildman–Crippen MR) is 462 cm³/mol. The number of aliphatic carboxylic acids is 2. The van der Waals surface area contributed by atoms with Crippen molar-refractivity contribution in [3.8, 4) is 0 Å². The van der Waals surface area contributed by atoms with Gasteiger partial charge in [-0.3, -0.25) is 48.3 Å². The second-order valence-electron chi connectivity index (χ2n) is 36.7. The number of para-hydroxylation sites is 6. The van der Waals surface area contributed by atoms with Crippen molar-refractivity contribution in [3.63, 3.8) is 0 Å². The van der Waals surface area contributed by atoms with Gasteiger partial charge in [0, 0.05) is 72.5 Å². The van der Waals surface area contributed by atoms with E-state index in [1.165, 1.54) is 175 Å². The second-order valence-corrected chi connectivity index (χ2v) is 37.1. The minimum Gasteiger partial charge on any atom is -0.870 e. The molecule has 0 radical (unpaired) electrons. The van der Waals surface area contributed by atoms with E-state index in [9.17, 15) is 48.3 Å². The number of nitrogens with zero attached hydrogens (tertiary/aromatic N) is 9. The zero-order chi connectivity index (χ0) is 84.8. The van der Waals surface area contributed by atoms with E-state index in [4.69, 9.17) is 36.7 Å². The number of nitrogens with two attached hydrogens (primary N) is 1. The first kappa shape index (κ1) is 95.8. The molecule has 3 aromatic heterocycles. The summed E-state index contributed by atoms with van der Waals surface area (Å²) in [4.78, 5) is 133. The zero-order valence-electron chi connectivity index (χ0n) is 72.7. The molecule has 7 N–H and O–H groups in total. The van der Waals surface area contributed by atoms with Crippen LogP contribution in [0.3, 0.4) is 0 Å².